The van der Waals surface area contributed by atoms with Gasteiger partial charge in [0.2, 0.25) is 0 Å². The third kappa shape index (κ3) is 7.87. The van der Waals surface area contributed by atoms with Crippen molar-refractivity contribution in [3.05, 3.63) is 130 Å². The Morgan fingerprint density at radius 2 is 1.44 bits per heavy atom. The highest BCUT2D eigenvalue weighted by Gasteiger charge is 2.26. The molecule has 3 N–H and O–H groups in total. The molecule has 45 heavy (non-hydrogen) atoms. The fourth-order valence-electron chi connectivity index (χ4n) is 5.26. The van der Waals surface area contributed by atoms with Crippen LogP contribution in [0, 0.1) is 6.92 Å². The molecule has 0 aromatic heterocycles. The lowest BCUT2D eigenvalue weighted by molar-refractivity contribution is -0.137. The van der Waals surface area contributed by atoms with Crippen molar-refractivity contribution in [1.29, 1.82) is 0 Å². The summed E-state index contributed by atoms with van der Waals surface area (Å²) in [6, 6.07) is 27.2. The van der Waals surface area contributed by atoms with E-state index in [1.165, 1.54) is 0 Å². The van der Waals surface area contributed by atoms with E-state index in [1.54, 1.807) is 71.6 Å². The topological polar surface area (TPSA) is 119 Å². The van der Waals surface area contributed by atoms with Crippen molar-refractivity contribution in [2.75, 3.05) is 36.4 Å². The maximum atomic E-state index is 13.5. The average Bonchev–Trinajstić information content (AvgIpc) is 3.04. The van der Waals surface area contributed by atoms with Crippen LogP contribution in [-0.2, 0) is 4.79 Å². The zero-order valence-corrected chi connectivity index (χ0v) is 25.5. The minimum absolute atomic E-state index is 0.0405. The lowest BCUT2D eigenvalue weighted by atomic mass is 10.0. The van der Waals surface area contributed by atoms with Gasteiger partial charge in [-0.15, -0.1) is 0 Å². The number of amides is 3. The van der Waals surface area contributed by atoms with Crippen LogP contribution >= 0.6 is 11.6 Å². The van der Waals surface area contributed by atoms with Gasteiger partial charge in [0, 0.05) is 47.9 Å². The lowest BCUT2D eigenvalue weighted by Crippen LogP contribution is -2.49. The molecule has 0 bridgehead atoms. The number of nitrogens with zero attached hydrogens (tertiary/aromatic N) is 2. The van der Waals surface area contributed by atoms with Crippen LogP contribution in [0.2, 0.25) is 5.02 Å². The molecule has 1 fully saturated rings. The summed E-state index contributed by atoms with van der Waals surface area (Å²) in [7, 11) is 0. The van der Waals surface area contributed by atoms with Gasteiger partial charge in [0.25, 0.3) is 17.7 Å². The zero-order valence-electron chi connectivity index (χ0n) is 24.7. The molecule has 1 aliphatic rings. The number of rotatable bonds is 9. The van der Waals surface area contributed by atoms with E-state index in [0.717, 1.165) is 5.56 Å². The van der Waals surface area contributed by atoms with Crippen LogP contribution in [0.3, 0.4) is 0 Å². The van der Waals surface area contributed by atoms with Crippen LogP contribution in [0.4, 0.5) is 11.4 Å². The van der Waals surface area contributed by atoms with Crippen molar-refractivity contribution in [3.63, 3.8) is 0 Å². The van der Waals surface area contributed by atoms with E-state index in [1.807, 2.05) is 37.3 Å². The van der Waals surface area contributed by atoms with Crippen LogP contribution in [0.15, 0.2) is 97.1 Å². The molecular formula is C35H33ClN4O5. The SMILES string of the molecule is Cc1ccc(C(CC(=O)O)NC(=O)c2ccc(N3CCN(C(=O)c4ccccc4)CC3)c(NC(=O)c3cccc(Cl)c3)c2)cc1. The molecular weight excluding hydrogens is 592 g/mol. The predicted molar refractivity (Wildman–Crippen MR) is 174 cm³/mol. The fourth-order valence-corrected chi connectivity index (χ4v) is 5.45. The number of benzene rings is 4. The Morgan fingerprint density at radius 1 is 0.778 bits per heavy atom. The number of nitrogens with one attached hydrogen (secondary N) is 2. The summed E-state index contributed by atoms with van der Waals surface area (Å²) < 4.78 is 0. The number of piperazine rings is 1. The molecule has 1 heterocycles. The third-order valence-corrected chi connectivity index (χ3v) is 7.92. The Morgan fingerprint density at radius 3 is 2.11 bits per heavy atom. The summed E-state index contributed by atoms with van der Waals surface area (Å²) in [6.07, 6.45) is -0.294. The maximum absolute atomic E-state index is 13.5. The first-order valence-electron chi connectivity index (χ1n) is 14.6. The van der Waals surface area contributed by atoms with Gasteiger partial charge in [-0.1, -0.05) is 65.7 Å². The first-order chi connectivity index (χ1) is 21.7. The van der Waals surface area contributed by atoms with Crippen molar-refractivity contribution < 1.29 is 24.3 Å². The molecule has 1 unspecified atom stereocenters. The number of aryl methyl sites for hydroxylation is 1. The minimum atomic E-state index is -1.05. The Balaban J connectivity index is 1.39. The molecule has 0 saturated carbocycles. The molecule has 230 valence electrons. The molecule has 0 aliphatic carbocycles. The number of carboxylic acid groups (broad SMARTS) is 1. The summed E-state index contributed by atoms with van der Waals surface area (Å²) in [6.45, 7) is 3.91. The molecule has 9 nitrogen and oxygen atoms in total. The zero-order chi connectivity index (χ0) is 31.9. The normalized spacial score (nSPS) is 13.6. The number of hydrogen-bond acceptors (Lipinski definition) is 5. The minimum Gasteiger partial charge on any atom is -0.481 e. The molecule has 0 spiro atoms. The molecule has 1 saturated heterocycles. The van der Waals surface area contributed by atoms with Crippen molar-refractivity contribution in [3.8, 4) is 0 Å². The number of halogens is 1. The quantitative estimate of drug-likeness (QED) is 0.216. The number of anilines is 2. The van der Waals surface area contributed by atoms with Gasteiger partial charge in [-0.2, -0.15) is 0 Å². The van der Waals surface area contributed by atoms with Gasteiger partial charge >= 0.3 is 5.97 Å². The van der Waals surface area contributed by atoms with Crippen molar-refractivity contribution in [2.45, 2.75) is 19.4 Å². The van der Waals surface area contributed by atoms with Crippen LogP contribution in [0.5, 0.6) is 0 Å². The standard InChI is InChI=1S/C35H33ClN4O5/c1-23-10-12-24(13-11-23)29(22-32(41)42)37-34(44)27-14-15-31(30(21-27)38-33(43)26-8-5-9-28(36)20-26)39-16-18-40(19-17-39)35(45)25-6-3-2-4-7-25/h2-15,20-21,29H,16-19,22H2,1H3,(H,37,44)(H,38,43)(H,41,42). The Labute approximate surface area is 266 Å². The number of carbonyl (C=O) groups excluding carboxylic acids is 3. The number of carbonyl (C=O) groups is 4. The van der Waals surface area contributed by atoms with E-state index < -0.39 is 23.8 Å². The summed E-state index contributed by atoms with van der Waals surface area (Å²) in [5.74, 6) is -1.97. The first kappa shape index (κ1) is 31.3. The second kappa shape index (κ2) is 14.1. The van der Waals surface area contributed by atoms with Crippen LogP contribution < -0.4 is 15.5 Å². The van der Waals surface area contributed by atoms with Gasteiger partial charge in [0.05, 0.1) is 23.8 Å². The van der Waals surface area contributed by atoms with E-state index in [9.17, 15) is 24.3 Å². The van der Waals surface area contributed by atoms with Crippen molar-refractivity contribution >= 4 is 46.7 Å². The Bertz CT molecular complexity index is 1700. The van der Waals surface area contributed by atoms with E-state index in [2.05, 4.69) is 15.5 Å². The second-order valence-electron chi connectivity index (χ2n) is 10.9. The fraction of sp³-hybridized carbons (Fsp3) is 0.200. The monoisotopic (exact) mass is 624 g/mol. The molecule has 3 amide bonds. The molecule has 4 aromatic carbocycles. The molecule has 4 aromatic rings. The van der Waals surface area contributed by atoms with Crippen LogP contribution in [0.1, 0.15) is 54.7 Å². The first-order valence-corrected chi connectivity index (χ1v) is 14.9. The highest BCUT2D eigenvalue weighted by Crippen LogP contribution is 2.30. The number of carboxylic acids is 1. The van der Waals surface area contributed by atoms with Crippen molar-refractivity contribution in [2.24, 2.45) is 0 Å². The van der Waals surface area contributed by atoms with E-state index >= 15 is 0 Å². The highest BCUT2D eigenvalue weighted by atomic mass is 35.5. The van der Waals surface area contributed by atoms with Crippen LogP contribution in [-0.4, -0.2) is 59.9 Å². The van der Waals surface area contributed by atoms with Gasteiger partial charge in [-0.05, 0) is 61.0 Å². The lowest BCUT2D eigenvalue weighted by Gasteiger charge is -2.37. The summed E-state index contributed by atoms with van der Waals surface area (Å²) in [5, 5.41) is 15.7. The maximum Gasteiger partial charge on any atom is 0.305 e. The van der Waals surface area contributed by atoms with Gasteiger partial charge < -0.3 is 25.5 Å². The average molecular weight is 625 g/mol. The number of hydrogen-bond donors (Lipinski definition) is 3. The van der Waals surface area contributed by atoms with Gasteiger partial charge in [-0.3, -0.25) is 19.2 Å². The summed E-state index contributed by atoms with van der Waals surface area (Å²) in [5.41, 5.74) is 4.01. The highest BCUT2D eigenvalue weighted by molar-refractivity contribution is 6.31. The van der Waals surface area contributed by atoms with Gasteiger partial charge in [0.15, 0.2) is 0 Å². The van der Waals surface area contributed by atoms with Crippen molar-refractivity contribution in [1.82, 2.24) is 10.2 Å². The Hall–Kier alpha value is -5.15. The smallest absolute Gasteiger partial charge is 0.305 e. The summed E-state index contributed by atoms with van der Waals surface area (Å²) in [4.78, 5) is 55.2. The second-order valence-corrected chi connectivity index (χ2v) is 11.3. The molecule has 1 aliphatic heterocycles. The Kier molecular flexibility index (Phi) is 9.79. The third-order valence-electron chi connectivity index (χ3n) is 7.69. The number of aliphatic carboxylic acids is 1. The van der Waals surface area contributed by atoms with E-state index in [0.29, 0.717) is 59.3 Å². The van der Waals surface area contributed by atoms with Crippen LogP contribution in [0.25, 0.3) is 0 Å². The molecule has 5 rings (SSSR count). The molecule has 0 radical (unpaired) electrons. The van der Waals surface area contributed by atoms with E-state index in [4.69, 9.17) is 11.6 Å². The molecule has 10 heteroatoms. The van der Waals surface area contributed by atoms with E-state index in [-0.39, 0.29) is 17.9 Å². The molecule has 1 atom stereocenters. The predicted octanol–water partition coefficient (Wildman–Crippen LogP) is 5.81. The summed E-state index contributed by atoms with van der Waals surface area (Å²) >= 11 is 6.12. The van der Waals surface area contributed by atoms with Gasteiger partial charge in [-0.25, -0.2) is 0 Å². The van der Waals surface area contributed by atoms with Gasteiger partial charge in [0.1, 0.15) is 0 Å². The largest absolute Gasteiger partial charge is 0.481 e.